The van der Waals surface area contributed by atoms with E-state index in [0.29, 0.717) is 6.61 Å². The molecule has 0 atom stereocenters. The number of hydrogen-bond acceptors (Lipinski definition) is 4. The van der Waals surface area contributed by atoms with Crippen LogP contribution in [0.5, 0.6) is 0 Å². The fraction of sp³-hybridized carbons (Fsp3) is 0.526. The molecule has 0 aliphatic rings. The summed E-state index contributed by atoms with van der Waals surface area (Å²) in [6, 6.07) is 8.36. The van der Waals surface area contributed by atoms with E-state index in [1.807, 2.05) is 0 Å². The van der Waals surface area contributed by atoms with Crippen LogP contribution in [0.2, 0.25) is 0 Å². The van der Waals surface area contributed by atoms with E-state index in [4.69, 9.17) is 9.73 Å². The molecule has 0 aliphatic carbocycles. The minimum absolute atomic E-state index is 0. The van der Waals surface area contributed by atoms with Gasteiger partial charge in [0, 0.05) is 57.8 Å². The maximum Gasteiger partial charge on any atom is 0.194 e. The highest BCUT2D eigenvalue weighted by atomic mass is 127. The van der Waals surface area contributed by atoms with Gasteiger partial charge >= 0.3 is 0 Å². The van der Waals surface area contributed by atoms with Gasteiger partial charge in [0.25, 0.3) is 0 Å². The highest BCUT2D eigenvalue weighted by Crippen LogP contribution is 2.11. The smallest absolute Gasteiger partial charge is 0.194 e. The number of halogens is 2. The van der Waals surface area contributed by atoms with Gasteiger partial charge in [-0.3, -0.25) is 4.99 Å². The fourth-order valence-electron chi connectivity index (χ4n) is 2.67. The molecule has 0 aliphatic heterocycles. The van der Waals surface area contributed by atoms with Crippen molar-refractivity contribution in [3.8, 4) is 0 Å². The van der Waals surface area contributed by atoms with Crippen LogP contribution in [-0.2, 0) is 24.2 Å². The number of aryl methyl sites for hydroxylation is 1. The van der Waals surface area contributed by atoms with Crippen molar-refractivity contribution in [2.24, 2.45) is 4.99 Å². The number of ether oxygens (including phenoxy) is 1. The van der Waals surface area contributed by atoms with E-state index in [9.17, 15) is 0 Å². The lowest BCUT2D eigenvalue weighted by Crippen LogP contribution is -2.40. The lowest BCUT2D eigenvalue weighted by atomic mass is 10.2. The summed E-state index contributed by atoms with van der Waals surface area (Å²) >= 11 is 3.48. The van der Waals surface area contributed by atoms with Crippen LogP contribution < -0.4 is 5.32 Å². The topological polar surface area (TPSA) is 67.6 Å². The van der Waals surface area contributed by atoms with Crippen LogP contribution in [0.4, 0.5) is 0 Å². The van der Waals surface area contributed by atoms with Gasteiger partial charge in [-0.15, -0.1) is 34.2 Å². The fourth-order valence-corrected chi connectivity index (χ4v) is 2.94. The second-order valence-electron chi connectivity index (χ2n) is 6.26. The zero-order valence-corrected chi connectivity index (χ0v) is 20.7. The van der Waals surface area contributed by atoms with Gasteiger partial charge in [0.15, 0.2) is 5.96 Å². The number of rotatable bonds is 10. The highest BCUT2D eigenvalue weighted by molar-refractivity contribution is 14.0. The molecular formula is C19H30BrIN6O. The maximum absolute atomic E-state index is 5.12. The van der Waals surface area contributed by atoms with Crippen LogP contribution in [0.25, 0.3) is 0 Å². The molecule has 28 heavy (non-hydrogen) atoms. The zero-order chi connectivity index (χ0) is 19.5. The normalized spacial score (nSPS) is 11.2. The van der Waals surface area contributed by atoms with E-state index in [2.05, 4.69) is 79.1 Å². The van der Waals surface area contributed by atoms with Gasteiger partial charge in [0.2, 0.25) is 0 Å². The van der Waals surface area contributed by atoms with Crippen molar-refractivity contribution in [3.05, 3.63) is 46.5 Å². The van der Waals surface area contributed by atoms with E-state index >= 15 is 0 Å². The first kappa shape index (κ1) is 24.8. The largest absolute Gasteiger partial charge is 0.385 e. The number of guanidine groups is 1. The van der Waals surface area contributed by atoms with Crippen molar-refractivity contribution < 1.29 is 4.74 Å². The maximum atomic E-state index is 5.12. The first-order valence-corrected chi connectivity index (χ1v) is 10.0. The molecule has 156 valence electrons. The molecule has 0 bridgehead atoms. The third-order valence-electron chi connectivity index (χ3n) is 4.11. The van der Waals surface area contributed by atoms with Gasteiger partial charge in [-0.05, 0) is 24.1 Å². The third kappa shape index (κ3) is 8.44. The van der Waals surface area contributed by atoms with Gasteiger partial charge in [0.1, 0.15) is 12.2 Å². The predicted molar refractivity (Wildman–Crippen MR) is 127 cm³/mol. The number of nitrogens with one attached hydrogen (secondary N) is 1. The summed E-state index contributed by atoms with van der Waals surface area (Å²) in [7, 11) is 3.77. The first-order valence-electron chi connectivity index (χ1n) is 9.23. The third-order valence-corrected chi connectivity index (χ3v) is 4.64. The van der Waals surface area contributed by atoms with Gasteiger partial charge in [-0.25, -0.2) is 0 Å². The van der Waals surface area contributed by atoms with Gasteiger partial charge < -0.3 is 19.5 Å². The molecule has 2 aromatic rings. The van der Waals surface area contributed by atoms with Crippen LogP contribution in [0, 0.1) is 0 Å². The lowest BCUT2D eigenvalue weighted by Gasteiger charge is -2.23. The van der Waals surface area contributed by atoms with E-state index in [1.165, 1.54) is 5.56 Å². The summed E-state index contributed by atoms with van der Waals surface area (Å²) < 4.78 is 8.28. The second-order valence-corrected chi connectivity index (χ2v) is 7.17. The summed E-state index contributed by atoms with van der Waals surface area (Å²) in [4.78, 5) is 6.88. The standard InChI is InChI=1S/C19H29BrN6O.HI/c1-4-18-24-23-15-26(18)12-11-22-19(21-10-5-13-27-3)25(2)14-16-6-8-17(20)9-7-16;/h6-9,15H,4-5,10-14H2,1-3H3,(H,21,22);1H. The molecule has 0 saturated heterocycles. The Labute approximate surface area is 193 Å². The van der Waals surface area contributed by atoms with Crippen molar-refractivity contribution in [1.29, 1.82) is 0 Å². The Kier molecular flexibility index (Phi) is 12.3. The van der Waals surface area contributed by atoms with E-state index in [-0.39, 0.29) is 24.0 Å². The summed E-state index contributed by atoms with van der Waals surface area (Å²) in [5, 5.41) is 11.6. The molecule has 2 rings (SSSR count). The minimum atomic E-state index is 0. The van der Waals surface area contributed by atoms with E-state index in [0.717, 1.165) is 55.3 Å². The Morgan fingerprint density at radius 1 is 1.32 bits per heavy atom. The SMILES string of the molecule is CCc1nncn1CCNC(=NCCCOC)N(C)Cc1ccc(Br)cc1.I. The van der Waals surface area contributed by atoms with Crippen LogP contribution in [-0.4, -0.2) is 59.5 Å². The number of hydrogen-bond donors (Lipinski definition) is 1. The molecule has 1 N–H and O–H groups in total. The van der Waals surface area contributed by atoms with Crippen molar-refractivity contribution in [2.75, 3.05) is 33.9 Å². The molecule has 0 spiro atoms. The van der Waals surface area contributed by atoms with Crippen LogP contribution >= 0.6 is 39.9 Å². The molecule has 0 radical (unpaired) electrons. The summed E-state index contributed by atoms with van der Waals surface area (Å²) in [6.45, 7) is 5.89. The molecular weight excluding hydrogens is 535 g/mol. The Bertz CT molecular complexity index is 707. The average Bonchev–Trinajstić information content (AvgIpc) is 3.13. The summed E-state index contributed by atoms with van der Waals surface area (Å²) in [5.74, 6) is 1.89. The van der Waals surface area contributed by atoms with Crippen molar-refractivity contribution in [3.63, 3.8) is 0 Å². The number of aromatic nitrogens is 3. The molecule has 1 aromatic carbocycles. The van der Waals surface area contributed by atoms with E-state index < -0.39 is 0 Å². The quantitative estimate of drug-likeness (QED) is 0.207. The Morgan fingerprint density at radius 3 is 2.75 bits per heavy atom. The first-order chi connectivity index (χ1) is 13.1. The van der Waals surface area contributed by atoms with Crippen LogP contribution in [0.3, 0.4) is 0 Å². The van der Waals surface area contributed by atoms with Gasteiger partial charge in [0.05, 0.1) is 0 Å². The number of nitrogens with zero attached hydrogens (tertiary/aromatic N) is 5. The Balaban J connectivity index is 0.00000392. The predicted octanol–water partition coefficient (Wildman–Crippen LogP) is 3.34. The number of aliphatic imine (C=N–C) groups is 1. The van der Waals surface area contributed by atoms with Crippen LogP contribution in [0.15, 0.2) is 40.1 Å². The summed E-state index contributed by atoms with van der Waals surface area (Å²) in [6.07, 6.45) is 3.56. The molecule has 0 saturated carbocycles. The molecule has 1 aromatic heterocycles. The minimum Gasteiger partial charge on any atom is -0.385 e. The Hall–Kier alpha value is -1.20. The molecule has 0 unspecified atom stereocenters. The monoisotopic (exact) mass is 564 g/mol. The van der Waals surface area contributed by atoms with E-state index in [1.54, 1.807) is 13.4 Å². The highest BCUT2D eigenvalue weighted by Gasteiger charge is 2.08. The average molecular weight is 565 g/mol. The van der Waals surface area contributed by atoms with Crippen molar-refractivity contribution in [1.82, 2.24) is 25.0 Å². The Morgan fingerprint density at radius 2 is 2.07 bits per heavy atom. The summed E-state index contributed by atoms with van der Waals surface area (Å²) in [5.41, 5.74) is 1.24. The molecule has 1 heterocycles. The van der Waals surface area contributed by atoms with Crippen molar-refractivity contribution in [2.45, 2.75) is 32.9 Å². The van der Waals surface area contributed by atoms with Crippen molar-refractivity contribution >= 4 is 45.9 Å². The molecule has 7 nitrogen and oxygen atoms in total. The molecule has 0 fully saturated rings. The van der Waals surface area contributed by atoms with Crippen LogP contribution in [0.1, 0.15) is 24.7 Å². The lowest BCUT2D eigenvalue weighted by molar-refractivity contribution is 0.197. The van der Waals surface area contributed by atoms with Gasteiger partial charge in [-0.1, -0.05) is 35.0 Å². The van der Waals surface area contributed by atoms with Gasteiger partial charge in [-0.2, -0.15) is 0 Å². The molecule has 9 heteroatoms. The number of benzene rings is 1. The zero-order valence-electron chi connectivity index (χ0n) is 16.8. The number of methoxy groups -OCH3 is 1. The molecule has 0 amide bonds. The second kappa shape index (κ2) is 13.9.